The van der Waals surface area contributed by atoms with Crippen LogP contribution in [0.2, 0.25) is 0 Å². The molecule has 9 heteroatoms. The van der Waals surface area contributed by atoms with Gasteiger partial charge >= 0.3 is 11.9 Å². The maximum Gasteiger partial charge on any atom is 0.309 e. The number of aromatic amines is 1. The Morgan fingerprint density at radius 2 is 1.66 bits per heavy atom. The van der Waals surface area contributed by atoms with Gasteiger partial charge in [-0.15, -0.1) is 0 Å². The van der Waals surface area contributed by atoms with Gasteiger partial charge in [-0.3, -0.25) is 14.4 Å². The summed E-state index contributed by atoms with van der Waals surface area (Å²) in [4.78, 5) is 51.0. The normalized spacial score (nSPS) is 39.2. The second kappa shape index (κ2) is 14.0. The molecular weight excluding hydrogens is 730 g/mol. The monoisotopic (exact) mass is 798 g/mol. The van der Waals surface area contributed by atoms with Crippen LogP contribution in [0.5, 0.6) is 0 Å². The Hall–Kier alpha value is -3.49. The van der Waals surface area contributed by atoms with Crippen LogP contribution in [0.15, 0.2) is 42.6 Å². The van der Waals surface area contributed by atoms with E-state index in [1.54, 1.807) is 26.0 Å². The average Bonchev–Trinajstić information content (AvgIpc) is 3.92. The molecular formula is C49H68FN3O5. The average molecular weight is 798 g/mol. The van der Waals surface area contributed by atoms with Crippen LogP contribution in [-0.2, 0) is 19.1 Å². The number of aromatic nitrogens is 2. The zero-order valence-electron chi connectivity index (χ0n) is 36.4. The lowest BCUT2D eigenvalue weighted by molar-refractivity contribution is -0.250. The van der Waals surface area contributed by atoms with Gasteiger partial charge in [-0.1, -0.05) is 46.8 Å². The Morgan fingerprint density at radius 3 is 2.34 bits per heavy atom. The van der Waals surface area contributed by atoms with Crippen molar-refractivity contribution in [3.63, 3.8) is 0 Å². The van der Waals surface area contributed by atoms with Gasteiger partial charge in [-0.2, -0.15) is 0 Å². The topological polar surface area (TPSA) is 113 Å². The second-order valence-electron chi connectivity index (χ2n) is 21.9. The summed E-state index contributed by atoms with van der Waals surface area (Å²) in [6.45, 7) is 23.1. The van der Waals surface area contributed by atoms with E-state index in [2.05, 4.69) is 58.0 Å². The number of carbonyl (C=O) groups is 3. The number of imidazole rings is 1. The van der Waals surface area contributed by atoms with E-state index < -0.39 is 22.8 Å². The summed E-state index contributed by atoms with van der Waals surface area (Å²) in [5.41, 5.74) is 1.39. The molecule has 1 aromatic carbocycles. The molecule has 1 saturated heterocycles. The third-order valence-electron chi connectivity index (χ3n) is 18.5. The van der Waals surface area contributed by atoms with Crippen LogP contribution >= 0.6 is 0 Å². The largest absolute Gasteiger partial charge is 0.481 e. The van der Waals surface area contributed by atoms with Crippen LogP contribution in [0.4, 0.5) is 4.39 Å². The number of hydrogen-bond acceptors (Lipinski definition) is 5. The van der Waals surface area contributed by atoms with E-state index in [4.69, 9.17) is 9.72 Å². The van der Waals surface area contributed by atoms with E-state index in [1.807, 2.05) is 6.20 Å². The van der Waals surface area contributed by atoms with E-state index in [0.29, 0.717) is 29.6 Å². The predicted octanol–water partition coefficient (Wildman–Crippen LogP) is 10.9. The molecule has 5 saturated carbocycles. The van der Waals surface area contributed by atoms with E-state index in [9.17, 15) is 19.1 Å². The Kier molecular flexibility index (Phi) is 9.99. The number of likely N-dealkylation sites (tertiary alicyclic amines) is 1. The van der Waals surface area contributed by atoms with Gasteiger partial charge in [0.2, 0.25) is 5.91 Å². The van der Waals surface area contributed by atoms with Crippen LogP contribution in [0.3, 0.4) is 0 Å². The van der Waals surface area contributed by atoms with E-state index in [-0.39, 0.29) is 52.0 Å². The predicted molar refractivity (Wildman–Crippen MR) is 223 cm³/mol. The minimum absolute atomic E-state index is 0.0712. The van der Waals surface area contributed by atoms with Gasteiger partial charge in [0.05, 0.1) is 35.2 Å². The van der Waals surface area contributed by atoms with E-state index >= 15 is 4.79 Å². The molecule has 0 radical (unpaired) electrons. The molecule has 1 amide bonds. The molecule has 6 fully saturated rings. The van der Waals surface area contributed by atoms with Crippen molar-refractivity contribution in [2.24, 2.45) is 62.1 Å². The standard InChI is InChI=1S/C49H68FN3O5/c1-29(2)32-18-23-49(42(55)53-26-10-11-35(53)41-51-28-34(52-41)30-12-14-31(50)15-13-30)25-24-47(8)33(40(32)49)16-17-37-46(7)21-20-38(58-39(54)27-44(3,4)43(56)57)45(5,6)36(46)19-22-48(37,47)9/h12-15,28,32-33,35-38,40H,1,10-11,16-27H2,2-9H3,(H,51,52)(H,56,57)/t32?,33-,35?,36+,37-,38+,40-,46+,47-,48-,49+/m1/s1. The third kappa shape index (κ3) is 6.07. The highest BCUT2D eigenvalue weighted by Crippen LogP contribution is 2.78. The number of esters is 1. The summed E-state index contributed by atoms with van der Waals surface area (Å²) in [5.74, 6) is 1.39. The highest BCUT2D eigenvalue weighted by Gasteiger charge is 2.72. The molecule has 2 heterocycles. The van der Waals surface area contributed by atoms with Gasteiger partial charge in [0, 0.05) is 12.0 Å². The Morgan fingerprint density at radius 1 is 0.931 bits per heavy atom. The number of halogens is 1. The number of carboxylic acids is 1. The first-order valence-electron chi connectivity index (χ1n) is 22.4. The highest BCUT2D eigenvalue weighted by atomic mass is 19.1. The van der Waals surface area contributed by atoms with Gasteiger partial charge in [-0.05, 0) is 173 Å². The Bertz CT molecular complexity index is 1970. The molecule has 0 spiro atoms. The molecule has 0 bridgehead atoms. The minimum atomic E-state index is -1.16. The number of allylic oxidation sites excluding steroid dienone is 1. The number of rotatable bonds is 8. The van der Waals surface area contributed by atoms with Crippen molar-refractivity contribution in [2.75, 3.05) is 6.54 Å². The minimum Gasteiger partial charge on any atom is -0.481 e. The van der Waals surface area contributed by atoms with Crippen LogP contribution in [0.1, 0.15) is 151 Å². The second-order valence-corrected chi connectivity index (χ2v) is 21.9. The molecule has 2 unspecified atom stereocenters. The van der Waals surface area contributed by atoms with Crippen LogP contribution in [0, 0.1) is 67.9 Å². The number of ether oxygens (including phenoxy) is 1. The number of nitrogens with zero attached hydrogens (tertiary/aromatic N) is 2. The van der Waals surface area contributed by atoms with Crippen molar-refractivity contribution in [1.29, 1.82) is 0 Å². The molecule has 316 valence electrons. The summed E-state index contributed by atoms with van der Waals surface area (Å²) >= 11 is 0. The molecule has 1 aromatic heterocycles. The summed E-state index contributed by atoms with van der Waals surface area (Å²) in [5, 5.41) is 9.66. The number of nitrogens with one attached hydrogen (secondary N) is 1. The molecule has 58 heavy (non-hydrogen) atoms. The first-order valence-corrected chi connectivity index (χ1v) is 22.4. The number of hydrogen-bond donors (Lipinski definition) is 2. The number of benzene rings is 1. The van der Waals surface area contributed by atoms with Crippen molar-refractivity contribution in [2.45, 2.75) is 151 Å². The number of aliphatic carboxylic acids is 1. The summed E-state index contributed by atoms with van der Waals surface area (Å²) in [6.07, 6.45) is 13.4. The van der Waals surface area contributed by atoms with Gasteiger partial charge in [-0.25, -0.2) is 9.37 Å². The zero-order valence-corrected chi connectivity index (χ0v) is 36.4. The highest BCUT2D eigenvalue weighted by molar-refractivity contribution is 5.85. The lowest BCUT2D eigenvalue weighted by atomic mass is 9.32. The molecule has 6 aliphatic rings. The van der Waals surface area contributed by atoms with Crippen LogP contribution in [-0.4, -0.2) is 50.5 Å². The number of carbonyl (C=O) groups excluding carboxylic acids is 2. The molecule has 8 nitrogen and oxygen atoms in total. The third-order valence-corrected chi connectivity index (χ3v) is 18.5. The number of fused-ring (bicyclic) bond motifs is 7. The molecule has 11 atom stereocenters. The fraction of sp³-hybridized carbons (Fsp3) is 0.714. The summed E-state index contributed by atoms with van der Waals surface area (Å²) in [6, 6.07) is 6.37. The molecule has 1 aliphatic heterocycles. The van der Waals surface area contributed by atoms with Crippen LogP contribution in [0.25, 0.3) is 11.3 Å². The number of carboxylic acid groups (broad SMARTS) is 1. The lowest BCUT2D eigenvalue weighted by Crippen LogP contribution is -2.67. The lowest BCUT2D eigenvalue weighted by Gasteiger charge is -2.73. The molecule has 5 aliphatic carbocycles. The first kappa shape index (κ1) is 41.3. The van der Waals surface area contributed by atoms with Gasteiger partial charge in [0.25, 0.3) is 0 Å². The van der Waals surface area contributed by atoms with Crippen molar-refractivity contribution >= 4 is 17.8 Å². The van der Waals surface area contributed by atoms with E-state index in [1.165, 1.54) is 17.7 Å². The Balaban J connectivity index is 1.05. The van der Waals surface area contributed by atoms with Crippen molar-refractivity contribution in [3.8, 4) is 11.3 Å². The SMILES string of the molecule is C=C(C)C1CC[C@]2(C(=O)N3CCCC3c3ncc(-c4ccc(F)cc4)[nH]3)CC[C@]3(C)[C@H](CC[C@@H]4[C@@]5(C)CC[C@H](OC(=O)CC(C)(C)C(=O)O)C(C)(C)[C@@H]5CC[C@]43C)[C@@H]12. The van der Waals surface area contributed by atoms with Gasteiger partial charge in [0.15, 0.2) is 0 Å². The van der Waals surface area contributed by atoms with Crippen LogP contribution < -0.4 is 0 Å². The smallest absolute Gasteiger partial charge is 0.309 e. The zero-order chi connectivity index (χ0) is 41.8. The van der Waals surface area contributed by atoms with Crippen molar-refractivity contribution in [3.05, 3.63) is 54.3 Å². The number of H-pyrrole nitrogens is 1. The van der Waals surface area contributed by atoms with Gasteiger partial charge in [0.1, 0.15) is 17.7 Å². The fourth-order valence-corrected chi connectivity index (χ4v) is 15.2. The van der Waals surface area contributed by atoms with Crippen molar-refractivity contribution in [1.82, 2.24) is 14.9 Å². The fourth-order valence-electron chi connectivity index (χ4n) is 15.2. The molecule has 8 rings (SSSR count). The van der Waals surface area contributed by atoms with E-state index in [0.717, 1.165) is 101 Å². The van der Waals surface area contributed by atoms with Crippen molar-refractivity contribution < 1.29 is 28.6 Å². The van der Waals surface area contributed by atoms with Gasteiger partial charge < -0.3 is 19.7 Å². The maximum atomic E-state index is 15.5. The maximum absolute atomic E-state index is 15.5. The molecule has 2 N–H and O–H groups in total. The quantitative estimate of drug-likeness (QED) is 0.203. The first-order chi connectivity index (χ1) is 27.2. The molecule has 2 aromatic rings. The Labute approximate surface area is 345 Å². The summed E-state index contributed by atoms with van der Waals surface area (Å²) < 4.78 is 19.9. The summed E-state index contributed by atoms with van der Waals surface area (Å²) in [7, 11) is 0. The number of amides is 1.